The highest BCUT2D eigenvalue weighted by Gasteiger charge is 2.37. The molecule has 10 aromatic rings. The van der Waals surface area contributed by atoms with Gasteiger partial charge in [-0.05, 0) is 89.3 Å². The molecule has 5 nitrogen and oxygen atoms in total. The second kappa shape index (κ2) is 13.4. The van der Waals surface area contributed by atoms with E-state index in [2.05, 4.69) is 205 Å². The summed E-state index contributed by atoms with van der Waals surface area (Å²) in [4.78, 5) is 18.4. The van der Waals surface area contributed by atoms with Gasteiger partial charge in [-0.1, -0.05) is 135 Å². The lowest BCUT2D eigenvalue weighted by Crippen LogP contribution is -2.30. The van der Waals surface area contributed by atoms with E-state index in [1.807, 2.05) is 0 Å². The van der Waals surface area contributed by atoms with Gasteiger partial charge in [0.15, 0.2) is 0 Å². The normalized spacial score (nSPS) is 15.6. The first kappa shape index (κ1) is 34.9. The molecular formula is C54H39N5S. The molecule has 0 amide bonds. The van der Waals surface area contributed by atoms with Gasteiger partial charge in [-0.2, -0.15) is 0 Å². The van der Waals surface area contributed by atoms with Crippen LogP contribution in [0.3, 0.4) is 0 Å². The highest BCUT2D eigenvalue weighted by Crippen LogP contribution is 2.53. The maximum atomic E-state index is 5.42. The van der Waals surface area contributed by atoms with E-state index in [1.165, 1.54) is 33.6 Å². The van der Waals surface area contributed by atoms with Crippen LogP contribution >= 0.6 is 11.3 Å². The molecular weight excluding hydrogens is 751 g/mol. The van der Waals surface area contributed by atoms with Crippen LogP contribution in [0.15, 0.2) is 182 Å². The molecule has 0 radical (unpaired) electrons. The minimum Gasteiger partial charge on any atom is -0.310 e. The second-order valence-corrected chi connectivity index (χ2v) is 17.4. The van der Waals surface area contributed by atoms with Crippen molar-refractivity contribution in [2.45, 2.75) is 31.6 Å². The van der Waals surface area contributed by atoms with Gasteiger partial charge in [-0.25, -0.2) is 15.0 Å². The molecule has 0 bridgehead atoms. The van der Waals surface area contributed by atoms with Crippen molar-refractivity contribution in [2.75, 3.05) is 4.90 Å². The lowest BCUT2D eigenvalue weighted by atomic mass is 9.73. The highest BCUT2D eigenvalue weighted by molar-refractivity contribution is 7.19. The molecule has 0 fully saturated rings. The number of hydrogen-bond donors (Lipinski definition) is 0. The number of para-hydroxylation sites is 3. The summed E-state index contributed by atoms with van der Waals surface area (Å²) in [5.74, 6) is 0.907. The zero-order valence-corrected chi connectivity index (χ0v) is 34.1. The molecule has 1 atom stereocenters. The van der Waals surface area contributed by atoms with Crippen molar-refractivity contribution >= 4 is 71.3 Å². The van der Waals surface area contributed by atoms with Gasteiger partial charge in [-0.15, -0.1) is 11.3 Å². The molecule has 0 saturated carbocycles. The smallest absolute Gasteiger partial charge is 0.235 e. The number of nitrogens with zero attached hydrogens (tertiary/aromatic N) is 5. The number of benzene rings is 7. The third-order valence-electron chi connectivity index (χ3n) is 12.5. The van der Waals surface area contributed by atoms with E-state index >= 15 is 0 Å². The average molecular weight is 790 g/mol. The summed E-state index contributed by atoms with van der Waals surface area (Å²) < 4.78 is 3.44. The molecule has 12 rings (SSSR count). The maximum absolute atomic E-state index is 5.42. The summed E-state index contributed by atoms with van der Waals surface area (Å²) in [5.41, 5.74) is 14.4. The molecule has 0 N–H and O–H groups in total. The largest absolute Gasteiger partial charge is 0.310 e. The minimum atomic E-state index is -0.212. The predicted molar refractivity (Wildman–Crippen MR) is 250 cm³/mol. The zero-order valence-electron chi connectivity index (χ0n) is 33.2. The maximum Gasteiger partial charge on any atom is 0.235 e. The van der Waals surface area contributed by atoms with Crippen molar-refractivity contribution in [2.24, 2.45) is 0 Å². The molecule has 7 aromatic carbocycles. The molecule has 3 aromatic heterocycles. The van der Waals surface area contributed by atoms with Crippen LogP contribution < -0.4 is 4.90 Å². The number of hydrogen-bond acceptors (Lipinski definition) is 5. The van der Waals surface area contributed by atoms with E-state index in [-0.39, 0.29) is 11.3 Å². The lowest BCUT2D eigenvalue weighted by molar-refractivity contribution is 0.632. The number of rotatable bonds is 5. The van der Waals surface area contributed by atoms with Crippen LogP contribution in [0.5, 0.6) is 0 Å². The van der Waals surface area contributed by atoms with Gasteiger partial charge in [0.2, 0.25) is 5.95 Å². The van der Waals surface area contributed by atoms with Gasteiger partial charge in [0.1, 0.15) is 5.01 Å². The van der Waals surface area contributed by atoms with E-state index in [9.17, 15) is 0 Å². The summed E-state index contributed by atoms with van der Waals surface area (Å²) in [6, 6.07) is 56.7. The van der Waals surface area contributed by atoms with Crippen LogP contribution in [0.4, 0.5) is 17.1 Å². The second-order valence-electron chi connectivity index (χ2n) is 16.4. The third kappa shape index (κ3) is 5.34. The van der Waals surface area contributed by atoms with Crippen LogP contribution in [-0.4, -0.2) is 19.5 Å². The predicted octanol–water partition coefficient (Wildman–Crippen LogP) is 14.4. The molecule has 0 saturated heterocycles. The Morgan fingerprint density at radius 1 is 0.583 bits per heavy atom. The van der Waals surface area contributed by atoms with Crippen LogP contribution in [0.25, 0.3) is 71.3 Å². The molecule has 0 spiro atoms. The quantitative estimate of drug-likeness (QED) is 0.174. The number of anilines is 3. The zero-order chi connectivity index (χ0) is 40.0. The van der Waals surface area contributed by atoms with Crippen LogP contribution in [0, 0.1) is 0 Å². The molecule has 1 unspecified atom stereocenters. The summed E-state index contributed by atoms with van der Waals surface area (Å²) >= 11 is 1.79. The van der Waals surface area contributed by atoms with Crippen molar-refractivity contribution in [3.63, 3.8) is 0 Å². The van der Waals surface area contributed by atoms with Crippen molar-refractivity contribution in [1.82, 2.24) is 19.5 Å². The van der Waals surface area contributed by atoms with Crippen LogP contribution in [0.2, 0.25) is 0 Å². The topological polar surface area (TPSA) is 46.8 Å². The van der Waals surface area contributed by atoms with Crippen molar-refractivity contribution in [3.8, 4) is 28.3 Å². The number of allylic oxidation sites excluding steroid dienone is 4. The Morgan fingerprint density at radius 3 is 2.18 bits per heavy atom. The Balaban J connectivity index is 1.09. The molecule has 4 heterocycles. The van der Waals surface area contributed by atoms with Gasteiger partial charge < -0.3 is 4.90 Å². The van der Waals surface area contributed by atoms with E-state index in [1.54, 1.807) is 11.3 Å². The van der Waals surface area contributed by atoms with E-state index in [4.69, 9.17) is 15.0 Å². The van der Waals surface area contributed by atoms with Gasteiger partial charge in [0, 0.05) is 38.7 Å². The van der Waals surface area contributed by atoms with Gasteiger partial charge in [-0.3, -0.25) is 4.57 Å². The Labute approximate surface area is 352 Å². The molecule has 1 aliphatic carbocycles. The number of thiazole rings is 1. The fraction of sp³-hybridized carbons (Fsp3) is 0.0926. The summed E-state index contributed by atoms with van der Waals surface area (Å²) in [7, 11) is 0. The first-order valence-electron chi connectivity index (χ1n) is 20.6. The van der Waals surface area contributed by atoms with Gasteiger partial charge in [0.25, 0.3) is 0 Å². The van der Waals surface area contributed by atoms with Crippen molar-refractivity contribution < 1.29 is 0 Å². The van der Waals surface area contributed by atoms with Gasteiger partial charge >= 0.3 is 0 Å². The third-order valence-corrected chi connectivity index (χ3v) is 13.7. The molecule has 2 aliphatic rings. The monoisotopic (exact) mass is 789 g/mol. The van der Waals surface area contributed by atoms with E-state index < -0.39 is 0 Å². The SMILES string of the molecule is CC1(C)c2ccccc2N(c2ccccc2)c2ccc(-c3ccc4c(c3)c3ccc5nc(C6C=CC=CC6)sc5c3n4-c3nc(-c4ccccc4)c4ccccc4n3)cc21. The van der Waals surface area contributed by atoms with Crippen LogP contribution in [0.1, 0.15) is 42.3 Å². The summed E-state index contributed by atoms with van der Waals surface area (Å²) in [5, 5.41) is 4.48. The minimum absolute atomic E-state index is 0.212. The number of aromatic nitrogens is 4. The van der Waals surface area contributed by atoms with Crippen molar-refractivity contribution in [1.29, 1.82) is 0 Å². The van der Waals surface area contributed by atoms with Crippen LogP contribution in [-0.2, 0) is 5.41 Å². The molecule has 286 valence electrons. The number of fused-ring (bicyclic) bond motifs is 8. The highest BCUT2D eigenvalue weighted by atomic mass is 32.1. The fourth-order valence-corrected chi connectivity index (χ4v) is 10.7. The van der Waals surface area contributed by atoms with Gasteiger partial charge in [0.05, 0.1) is 43.8 Å². The average Bonchev–Trinajstić information content (AvgIpc) is 3.89. The van der Waals surface area contributed by atoms with E-state index in [0.717, 1.165) is 71.3 Å². The lowest BCUT2D eigenvalue weighted by Gasteiger charge is -2.42. The Bertz CT molecular complexity index is 3390. The Hall–Kier alpha value is -7.15. The van der Waals surface area contributed by atoms with E-state index in [0.29, 0.717) is 5.95 Å². The molecule has 60 heavy (non-hydrogen) atoms. The van der Waals surface area contributed by atoms with Crippen molar-refractivity contribution in [3.05, 3.63) is 198 Å². The fourth-order valence-electron chi connectivity index (χ4n) is 9.53. The Kier molecular flexibility index (Phi) is 7.81. The molecule has 6 heteroatoms. The summed E-state index contributed by atoms with van der Waals surface area (Å²) in [6.07, 6.45) is 9.72. The first-order valence-corrected chi connectivity index (χ1v) is 21.5. The molecule has 1 aliphatic heterocycles. The standard InChI is InChI=1S/C54H39N5S/c1-54(2)42-23-13-15-25-47(42)58(38-20-10-5-11-21-38)48-31-27-37(33-43(48)54)36-26-30-46-41(32-36)39-28-29-45-51(60-52(55-45)35-18-8-4-9-19-35)50(39)59(46)53-56-44-24-14-12-22-40(44)49(57-53)34-16-6-3-7-17-34/h3-18,20-33,35H,19H2,1-2H3. The summed E-state index contributed by atoms with van der Waals surface area (Å²) in [6.45, 7) is 4.71. The first-order chi connectivity index (χ1) is 29.5. The Morgan fingerprint density at radius 2 is 1.33 bits per heavy atom.